The number of Topliss-reactive ketones (excluding diaryl/α,β-unsaturated/α-hetero) is 1. The highest BCUT2D eigenvalue weighted by Crippen LogP contribution is 2.48. The van der Waals surface area contributed by atoms with Crippen molar-refractivity contribution < 1.29 is 9.90 Å². The molecule has 0 fully saturated rings. The van der Waals surface area contributed by atoms with Gasteiger partial charge in [0.15, 0.2) is 5.78 Å². The number of halogens is 2. The number of rotatable bonds is 3. The molecule has 2 N–H and O–H groups in total. The highest BCUT2D eigenvalue weighted by Gasteiger charge is 2.43. The summed E-state index contributed by atoms with van der Waals surface area (Å²) >= 11 is 12.5. The maximum absolute atomic E-state index is 13.4. The molecule has 4 nitrogen and oxygen atoms in total. The number of hydrogen-bond donors (Lipinski definition) is 2. The van der Waals surface area contributed by atoms with E-state index in [4.69, 9.17) is 23.2 Å². The maximum Gasteiger partial charge on any atom is 0.161 e. The number of nitrogens with one attached hydrogen (secondary N) is 1. The first-order valence-corrected chi connectivity index (χ1v) is 11.9. The molecule has 0 saturated carbocycles. The third-order valence-corrected chi connectivity index (χ3v) is 6.81. The van der Waals surface area contributed by atoms with Crippen LogP contribution in [-0.2, 0) is 4.79 Å². The zero-order chi connectivity index (χ0) is 23.8. The smallest absolute Gasteiger partial charge is 0.161 e. The predicted molar refractivity (Wildman–Crippen MR) is 138 cm³/mol. The third kappa shape index (κ3) is 3.93. The van der Waals surface area contributed by atoms with Crippen LogP contribution in [0.5, 0.6) is 0 Å². The van der Waals surface area contributed by atoms with E-state index < -0.39 is 5.92 Å². The summed E-state index contributed by atoms with van der Waals surface area (Å²) in [5, 5.41) is 21.9. The molecule has 3 aromatic rings. The minimum Gasteiger partial charge on any atom is -0.507 e. The van der Waals surface area contributed by atoms with Crippen molar-refractivity contribution in [1.29, 1.82) is 5.41 Å². The van der Waals surface area contributed by atoms with Gasteiger partial charge in [-0.3, -0.25) is 15.1 Å². The van der Waals surface area contributed by atoms with Gasteiger partial charge < -0.3 is 5.11 Å². The van der Waals surface area contributed by atoms with Gasteiger partial charge >= 0.3 is 0 Å². The number of amidine groups is 1. The van der Waals surface area contributed by atoms with Crippen molar-refractivity contribution in [2.75, 3.05) is 4.90 Å². The van der Waals surface area contributed by atoms with Crippen molar-refractivity contribution >= 4 is 46.3 Å². The van der Waals surface area contributed by atoms with E-state index in [2.05, 4.69) is 0 Å². The molecule has 0 unspecified atom stereocenters. The van der Waals surface area contributed by atoms with Crippen LogP contribution in [-0.4, -0.2) is 16.7 Å². The molecule has 0 bridgehead atoms. The molecule has 5 rings (SSSR count). The van der Waals surface area contributed by atoms with E-state index in [1.165, 1.54) is 0 Å². The lowest BCUT2D eigenvalue weighted by Gasteiger charge is -2.41. The third-order valence-electron chi connectivity index (χ3n) is 6.33. The molecule has 1 aliphatic heterocycles. The monoisotopic (exact) mass is 488 g/mol. The summed E-state index contributed by atoms with van der Waals surface area (Å²) in [5.74, 6) is -0.457. The Morgan fingerprint density at radius 3 is 2.35 bits per heavy atom. The SMILES string of the molecule is N=C1/C(=C(/O)c2ccccc2)[C@H](c2ccc(Cl)cc2)C2=C(CCCC2=O)N1c1cccc(Cl)c1. The molecule has 1 aliphatic carbocycles. The fourth-order valence-corrected chi connectivity index (χ4v) is 5.14. The van der Waals surface area contributed by atoms with Crippen molar-refractivity contribution in [3.05, 3.63) is 117 Å². The van der Waals surface area contributed by atoms with Gasteiger partial charge in [-0.25, -0.2) is 0 Å². The molecule has 1 atom stereocenters. The number of aliphatic hydroxyl groups excluding tert-OH is 1. The molecule has 0 radical (unpaired) electrons. The summed E-state index contributed by atoms with van der Waals surface area (Å²) in [4.78, 5) is 15.2. The Bertz CT molecular complexity index is 1340. The molecule has 0 aromatic heterocycles. The fourth-order valence-electron chi connectivity index (χ4n) is 4.83. The summed E-state index contributed by atoms with van der Waals surface area (Å²) in [6, 6.07) is 23.6. The number of anilines is 1. The van der Waals surface area contributed by atoms with Crippen LogP contribution >= 0.6 is 23.2 Å². The zero-order valence-corrected chi connectivity index (χ0v) is 19.8. The molecule has 34 heavy (non-hydrogen) atoms. The number of hydrogen-bond acceptors (Lipinski definition) is 3. The lowest BCUT2D eigenvalue weighted by atomic mass is 9.73. The van der Waals surface area contributed by atoms with E-state index in [1.54, 1.807) is 41.3 Å². The Labute approximate surface area is 208 Å². The first kappa shape index (κ1) is 22.5. The van der Waals surface area contributed by atoms with E-state index >= 15 is 0 Å². The standard InChI is InChI=1S/C28H22Cl2N2O2/c29-19-14-12-17(13-15-19)24-25-22(10-5-11-23(25)33)32(21-9-4-8-20(30)16-21)28(31)26(24)27(34)18-6-2-1-3-7-18/h1-4,6-9,12-16,24,31,34H,5,10-11H2/b27-26+,31-28?/t24-/m1/s1. The second-order valence-electron chi connectivity index (χ2n) is 8.41. The Morgan fingerprint density at radius 1 is 0.912 bits per heavy atom. The van der Waals surface area contributed by atoms with Crippen LogP contribution < -0.4 is 4.90 Å². The van der Waals surface area contributed by atoms with Crippen LogP contribution in [0.25, 0.3) is 5.76 Å². The number of nitrogens with zero attached hydrogens (tertiary/aromatic N) is 1. The highest BCUT2D eigenvalue weighted by molar-refractivity contribution is 6.31. The van der Waals surface area contributed by atoms with Gasteiger partial charge in [-0.15, -0.1) is 0 Å². The zero-order valence-electron chi connectivity index (χ0n) is 18.3. The quantitative estimate of drug-likeness (QED) is 0.374. The van der Waals surface area contributed by atoms with E-state index in [9.17, 15) is 15.3 Å². The van der Waals surface area contributed by atoms with E-state index in [0.717, 1.165) is 11.3 Å². The Morgan fingerprint density at radius 2 is 1.65 bits per heavy atom. The molecule has 0 saturated heterocycles. The molecule has 2 aliphatic rings. The summed E-state index contributed by atoms with van der Waals surface area (Å²) in [6.45, 7) is 0. The lowest BCUT2D eigenvalue weighted by Crippen LogP contribution is -2.42. The molecule has 170 valence electrons. The van der Waals surface area contributed by atoms with Gasteiger partial charge in [0.25, 0.3) is 0 Å². The Kier molecular flexibility index (Phi) is 6.03. The van der Waals surface area contributed by atoms with E-state index in [0.29, 0.717) is 51.7 Å². The van der Waals surface area contributed by atoms with Crippen LogP contribution in [0.4, 0.5) is 5.69 Å². The van der Waals surface area contributed by atoms with Gasteiger partial charge in [0, 0.05) is 50.5 Å². The van der Waals surface area contributed by atoms with Crippen molar-refractivity contribution in [3.8, 4) is 0 Å². The molecule has 1 heterocycles. The average Bonchev–Trinajstić information content (AvgIpc) is 2.84. The van der Waals surface area contributed by atoms with Gasteiger partial charge in [-0.1, -0.05) is 71.7 Å². The van der Waals surface area contributed by atoms with E-state index in [1.807, 2.05) is 42.5 Å². The molecule has 0 amide bonds. The van der Waals surface area contributed by atoms with Gasteiger partial charge in [0.1, 0.15) is 11.6 Å². The highest BCUT2D eigenvalue weighted by atomic mass is 35.5. The largest absolute Gasteiger partial charge is 0.507 e. The van der Waals surface area contributed by atoms with Gasteiger partial charge in [-0.05, 0) is 48.7 Å². The van der Waals surface area contributed by atoms with Crippen molar-refractivity contribution in [2.24, 2.45) is 0 Å². The van der Waals surface area contributed by atoms with Crippen molar-refractivity contribution in [2.45, 2.75) is 25.2 Å². The Balaban J connectivity index is 1.83. The summed E-state index contributed by atoms with van der Waals surface area (Å²) in [6.07, 6.45) is 1.79. The molecular weight excluding hydrogens is 467 g/mol. The fraction of sp³-hybridized carbons (Fsp3) is 0.143. The topological polar surface area (TPSA) is 64.4 Å². The molecule has 0 spiro atoms. The van der Waals surface area contributed by atoms with Crippen molar-refractivity contribution in [3.63, 3.8) is 0 Å². The minimum absolute atomic E-state index is 0.0255. The van der Waals surface area contributed by atoms with Crippen LogP contribution in [0.1, 0.15) is 36.3 Å². The normalized spacial score (nSPS) is 19.8. The predicted octanol–water partition coefficient (Wildman–Crippen LogP) is 7.55. The molecular formula is C28H22Cl2N2O2. The van der Waals surface area contributed by atoms with Gasteiger partial charge in [0.05, 0.1) is 0 Å². The number of allylic oxidation sites excluding steroid dienone is 2. The van der Waals surface area contributed by atoms with E-state index in [-0.39, 0.29) is 17.4 Å². The Hall–Kier alpha value is -3.34. The number of carbonyl (C=O) groups excluding carboxylic acids is 1. The van der Waals surface area contributed by atoms with Crippen LogP contribution in [0.15, 0.2) is 95.7 Å². The minimum atomic E-state index is -0.580. The van der Waals surface area contributed by atoms with Crippen molar-refractivity contribution in [1.82, 2.24) is 0 Å². The number of carbonyl (C=O) groups is 1. The first-order valence-electron chi connectivity index (χ1n) is 11.1. The van der Waals surface area contributed by atoms with Crippen LogP contribution in [0.2, 0.25) is 10.0 Å². The summed E-state index contributed by atoms with van der Waals surface area (Å²) < 4.78 is 0. The number of benzene rings is 3. The summed E-state index contributed by atoms with van der Waals surface area (Å²) in [5.41, 5.74) is 3.85. The average molecular weight is 489 g/mol. The summed E-state index contributed by atoms with van der Waals surface area (Å²) in [7, 11) is 0. The first-order chi connectivity index (χ1) is 16.5. The van der Waals surface area contributed by atoms with Crippen LogP contribution in [0, 0.1) is 5.41 Å². The lowest BCUT2D eigenvalue weighted by molar-refractivity contribution is -0.116. The molecule has 3 aromatic carbocycles. The second-order valence-corrected chi connectivity index (χ2v) is 9.29. The van der Waals surface area contributed by atoms with Gasteiger partial charge in [-0.2, -0.15) is 0 Å². The number of aliphatic hydroxyl groups is 1. The van der Waals surface area contributed by atoms with Gasteiger partial charge in [0.2, 0.25) is 0 Å². The second kappa shape index (κ2) is 9.13. The molecule has 6 heteroatoms. The van der Waals surface area contributed by atoms with Crippen LogP contribution in [0.3, 0.4) is 0 Å². The maximum atomic E-state index is 13.4. The number of ketones is 1.